The standard InChI is InChI=1S/C11H14N2O3/c1-7(11(15)16)6-13-9-5-3-2-4-8(9)10(12)14/h2-5,7,13H,6H2,1H3,(H2,12,14)(H,15,16). The van der Waals surface area contributed by atoms with Crippen LogP contribution in [0, 0.1) is 5.92 Å². The van der Waals surface area contributed by atoms with Crippen molar-refractivity contribution in [2.45, 2.75) is 6.92 Å². The van der Waals surface area contributed by atoms with Crippen molar-refractivity contribution in [3.8, 4) is 0 Å². The fourth-order valence-electron chi connectivity index (χ4n) is 1.20. The van der Waals surface area contributed by atoms with Crippen LogP contribution in [0.3, 0.4) is 0 Å². The van der Waals surface area contributed by atoms with Crippen molar-refractivity contribution in [3.05, 3.63) is 29.8 Å². The second kappa shape index (κ2) is 5.16. The minimum Gasteiger partial charge on any atom is -0.481 e. The summed E-state index contributed by atoms with van der Waals surface area (Å²) >= 11 is 0. The van der Waals surface area contributed by atoms with Gasteiger partial charge in [0.2, 0.25) is 0 Å². The summed E-state index contributed by atoms with van der Waals surface area (Å²) in [7, 11) is 0. The van der Waals surface area contributed by atoms with Gasteiger partial charge in [0.25, 0.3) is 5.91 Å². The number of primary amides is 1. The van der Waals surface area contributed by atoms with Gasteiger partial charge in [-0.25, -0.2) is 0 Å². The van der Waals surface area contributed by atoms with Gasteiger partial charge in [0.15, 0.2) is 0 Å². The Hall–Kier alpha value is -2.04. The molecule has 5 heteroatoms. The Balaban J connectivity index is 2.74. The Morgan fingerprint density at radius 2 is 2.06 bits per heavy atom. The molecule has 0 saturated carbocycles. The fourth-order valence-corrected chi connectivity index (χ4v) is 1.20. The minimum absolute atomic E-state index is 0.250. The van der Waals surface area contributed by atoms with Gasteiger partial charge in [-0.3, -0.25) is 9.59 Å². The van der Waals surface area contributed by atoms with Crippen molar-refractivity contribution in [2.24, 2.45) is 11.7 Å². The maximum atomic E-state index is 11.1. The molecule has 0 heterocycles. The molecule has 0 aliphatic rings. The number of hydrogen-bond acceptors (Lipinski definition) is 3. The average Bonchev–Trinajstić information content (AvgIpc) is 2.25. The molecule has 16 heavy (non-hydrogen) atoms. The van der Waals surface area contributed by atoms with Gasteiger partial charge in [0.05, 0.1) is 11.5 Å². The topological polar surface area (TPSA) is 92.4 Å². The van der Waals surface area contributed by atoms with E-state index < -0.39 is 17.8 Å². The Bertz CT molecular complexity index is 404. The summed E-state index contributed by atoms with van der Waals surface area (Å²) in [5, 5.41) is 11.6. The summed E-state index contributed by atoms with van der Waals surface area (Å²) in [4.78, 5) is 21.7. The maximum Gasteiger partial charge on any atom is 0.308 e. The molecule has 1 atom stereocenters. The first kappa shape index (κ1) is 12.0. The van der Waals surface area contributed by atoms with Crippen molar-refractivity contribution in [1.29, 1.82) is 0 Å². The second-order valence-corrected chi connectivity index (χ2v) is 3.53. The van der Waals surface area contributed by atoms with E-state index in [1.54, 1.807) is 31.2 Å². The highest BCUT2D eigenvalue weighted by Gasteiger charge is 2.12. The number of benzene rings is 1. The third kappa shape index (κ3) is 2.98. The number of nitrogens with one attached hydrogen (secondary N) is 1. The number of amides is 1. The predicted octanol–water partition coefficient (Wildman–Crippen LogP) is 0.918. The highest BCUT2D eigenvalue weighted by Crippen LogP contribution is 2.14. The highest BCUT2D eigenvalue weighted by atomic mass is 16.4. The Kier molecular flexibility index (Phi) is 3.88. The Morgan fingerprint density at radius 3 is 2.62 bits per heavy atom. The van der Waals surface area contributed by atoms with E-state index in [-0.39, 0.29) is 6.54 Å². The molecule has 0 aliphatic carbocycles. The van der Waals surface area contributed by atoms with Crippen LogP contribution in [0.15, 0.2) is 24.3 Å². The largest absolute Gasteiger partial charge is 0.481 e. The van der Waals surface area contributed by atoms with Gasteiger partial charge in [-0.15, -0.1) is 0 Å². The van der Waals surface area contributed by atoms with Crippen LogP contribution >= 0.6 is 0 Å². The lowest BCUT2D eigenvalue weighted by Crippen LogP contribution is -2.21. The molecule has 5 nitrogen and oxygen atoms in total. The van der Waals surface area contributed by atoms with Gasteiger partial charge in [0, 0.05) is 12.2 Å². The monoisotopic (exact) mass is 222 g/mol. The zero-order valence-electron chi connectivity index (χ0n) is 8.93. The van der Waals surface area contributed by atoms with E-state index in [4.69, 9.17) is 10.8 Å². The molecule has 0 radical (unpaired) electrons. The van der Waals surface area contributed by atoms with Crippen LogP contribution in [0.4, 0.5) is 5.69 Å². The molecule has 0 bridgehead atoms. The summed E-state index contributed by atoms with van der Waals surface area (Å²) in [6.07, 6.45) is 0. The van der Waals surface area contributed by atoms with Gasteiger partial charge >= 0.3 is 5.97 Å². The van der Waals surface area contributed by atoms with Crippen molar-refractivity contribution in [1.82, 2.24) is 0 Å². The molecule has 1 rings (SSSR count). The van der Waals surface area contributed by atoms with Crippen LogP contribution in [0.5, 0.6) is 0 Å². The SMILES string of the molecule is CC(CNc1ccccc1C(N)=O)C(=O)O. The molecule has 0 aromatic heterocycles. The number of carboxylic acid groups (broad SMARTS) is 1. The number of hydrogen-bond donors (Lipinski definition) is 3. The molecule has 1 unspecified atom stereocenters. The number of carboxylic acids is 1. The summed E-state index contributed by atoms with van der Waals surface area (Å²) < 4.78 is 0. The molecular formula is C11H14N2O3. The minimum atomic E-state index is -0.885. The molecule has 0 spiro atoms. The van der Waals surface area contributed by atoms with Crippen LogP contribution < -0.4 is 11.1 Å². The summed E-state index contributed by atoms with van der Waals surface area (Å²) in [6, 6.07) is 6.73. The van der Waals surface area contributed by atoms with E-state index in [0.29, 0.717) is 11.3 Å². The molecule has 1 aromatic carbocycles. The zero-order chi connectivity index (χ0) is 12.1. The molecule has 1 amide bonds. The molecule has 4 N–H and O–H groups in total. The summed E-state index contributed by atoms with van der Waals surface area (Å²) in [6.45, 7) is 1.84. The van der Waals surface area contributed by atoms with E-state index >= 15 is 0 Å². The van der Waals surface area contributed by atoms with Gasteiger partial charge < -0.3 is 16.2 Å². The predicted molar refractivity (Wildman–Crippen MR) is 60.2 cm³/mol. The van der Waals surface area contributed by atoms with Crippen LogP contribution in [0.1, 0.15) is 17.3 Å². The summed E-state index contributed by atoms with van der Waals surface area (Å²) in [5.74, 6) is -1.95. The van der Waals surface area contributed by atoms with Crippen molar-refractivity contribution >= 4 is 17.6 Å². The smallest absolute Gasteiger partial charge is 0.308 e. The van der Waals surface area contributed by atoms with Crippen molar-refractivity contribution in [2.75, 3.05) is 11.9 Å². The number of carbonyl (C=O) groups excluding carboxylic acids is 1. The second-order valence-electron chi connectivity index (χ2n) is 3.53. The van der Waals surface area contributed by atoms with Crippen LogP contribution in [0.2, 0.25) is 0 Å². The quantitative estimate of drug-likeness (QED) is 0.690. The number of rotatable bonds is 5. The molecule has 86 valence electrons. The third-order valence-electron chi connectivity index (χ3n) is 2.21. The fraction of sp³-hybridized carbons (Fsp3) is 0.273. The number of nitrogens with two attached hydrogens (primary N) is 1. The van der Waals surface area contributed by atoms with Crippen LogP contribution in [-0.4, -0.2) is 23.5 Å². The number of anilines is 1. The van der Waals surface area contributed by atoms with Gasteiger partial charge in [-0.2, -0.15) is 0 Å². The van der Waals surface area contributed by atoms with Crippen molar-refractivity contribution in [3.63, 3.8) is 0 Å². The number of aliphatic carboxylic acids is 1. The molecule has 0 aliphatic heterocycles. The molecule has 1 aromatic rings. The van der Waals surface area contributed by atoms with Gasteiger partial charge in [-0.05, 0) is 12.1 Å². The lowest BCUT2D eigenvalue weighted by atomic mass is 10.1. The number of carbonyl (C=O) groups is 2. The first-order valence-electron chi connectivity index (χ1n) is 4.88. The normalized spacial score (nSPS) is 11.8. The van der Waals surface area contributed by atoms with E-state index in [1.807, 2.05) is 0 Å². The Morgan fingerprint density at radius 1 is 1.44 bits per heavy atom. The maximum absolute atomic E-state index is 11.1. The van der Waals surface area contributed by atoms with E-state index in [1.165, 1.54) is 0 Å². The van der Waals surface area contributed by atoms with Gasteiger partial charge in [-0.1, -0.05) is 19.1 Å². The Labute approximate surface area is 93.3 Å². The van der Waals surface area contributed by atoms with E-state index in [0.717, 1.165) is 0 Å². The van der Waals surface area contributed by atoms with Crippen molar-refractivity contribution < 1.29 is 14.7 Å². The first-order valence-corrected chi connectivity index (χ1v) is 4.88. The zero-order valence-corrected chi connectivity index (χ0v) is 8.93. The number of para-hydroxylation sites is 1. The van der Waals surface area contributed by atoms with Gasteiger partial charge in [0.1, 0.15) is 0 Å². The third-order valence-corrected chi connectivity index (χ3v) is 2.21. The average molecular weight is 222 g/mol. The first-order chi connectivity index (χ1) is 7.52. The van der Waals surface area contributed by atoms with E-state index in [9.17, 15) is 9.59 Å². The lowest BCUT2D eigenvalue weighted by Gasteiger charge is -2.11. The highest BCUT2D eigenvalue weighted by molar-refractivity contribution is 5.98. The molecular weight excluding hydrogens is 208 g/mol. The van der Waals surface area contributed by atoms with E-state index in [2.05, 4.69) is 5.32 Å². The van der Waals surface area contributed by atoms with Crippen LogP contribution in [0.25, 0.3) is 0 Å². The summed E-state index contributed by atoms with van der Waals surface area (Å²) in [5.41, 5.74) is 6.11. The van der Waals surface area contributed by atoms with Crippen LogP contribution in [-0.2, 0) is 4.79 Å². The lowest BCUT2D eigenvalue weighted by molar-refractivity contribution is -0.140. The molecule has 0 saturated heterocycles. The molecule has 0 fully saturated rings.